The monoisotopic (exact) mass is 161 g/mol. The molecule has 0 saturated carbocycles. The van der Waals surface area contributed by atoms with Crippen LogP contribution in [-0.2, 0) is 4.74 Å². The highest BCUT2D eigenvalue weighted by molar-refractivity contribution is 4.77. The Bertz CT molecular complexity index is 161. The zero-order valence-corrected chi connectivity index (χ0v) is 6.27. The topological polar surface area (TPSA) is 72.6 Å². The standard InChI is InChI=1S/C6H11NO4/c1-4-2-11-3-5(6(4)8)7(9)10/h4-6,8H,2-3H2,1H3/t4-,5+,6+/m1/s1. The summed E-state index contributed by atoms with van der Waals surface area (Å²) in [5.74, 6) is -0.140. The Hall–Kier alpha value is -0.680. The van der Waals surface area contributed by atoms with Gasteiger partial charge in [0.15, 0.2) is 0 Å². The number of aliphatic hydroxyl groups excluding tert-OH is 1. The molecule has 0 amide bonds. The smallest absolute Gasteiger partial charge is 0.261 e. The maximum Gasteiger partial charge on any atom is 0.261 e. The van der Waals surface area contributed by atoms with Crippen LogP contribution in [0.2, 0.25) is 0 Å². The SMILES string of the molecule is C[C@@H]1COC[C@H]([N+](=O)[O-])[C@H]1O. The minimum atomic E-state index is -0.946. The molecule has 1 aliphatic heterocycles. The van der Waals surface area contributed by atoms with E-state index in [-0.39, 0.29) is 12.5 Å². The van der Waals surface area contributed by atoms with E-state index in [1.807, 2.05) is 0 Å². The van der Waals surface area contributed by atoms with E-state index in [1.165, 1.54) is 0 Å². The van der Waals surface area contributed by atoms with Crippen LogP contribution in [0.5, 0.6) is 0 Å². The predicted molar refractivity (Wildman–Crippen MR) is 36.8 cm³/mol. The summed E-state index contributed by atoms with van der Waals surface area (Å²) >= 11 is 0. The van der Waals surface area contributed by atoms with Crippen LogP contribution < -0.4 is 0 Å². The quantitative estimate of drug-likeness (QED) is 0.421. The minimum absolute atomic E-state index is 0.0263. The molecule has 0 aromatic heterocycles. The molecule has 0 unspecified atom stereocenters. The van der Waals surface area contributed by atoms with E-state index >= 15 is 0 Å². The summed E-state index contributed by atoms with van der Waals surface area (Å²) in [5, 5.41) is 19.6. The van der Waals surface area contributed by atoms with Crippen molar-refractivity contribution in [1.29, 1.82) is 0 Å². The number of ether oxygens (including phenoxy) is 1. The summed E-state index contributed by atoms with van der Waals surface area (Å²) in [4.78, 5) is 9.79. The first kappa shape index (κ1) is 8.42. The molecule has 1 rings (SSSR count). The largest absolute Gasteiger partial charge is 0.385 e. The summed E-state index contributed by atoms with van der Waals surface area (Å²) < 4.78 is 4.92. The maximum absolute atomic E-state index is 10.3. The summed E-state index contributed by atoms with van der Waals surface area (Å²) in [6.45, 7) is 2.17. The lowest BCUT2D eigenvalue weighted by Crippen LogP contribution is -2.47. The second kappa shape index (κ2) is 3.15. The lowest BCUT2D eigenvalue weighted by Gasteiger charge is -2.26. The summed E-state index contributed by atoms with van der Waals surface area (Å²) in [6.07, 6.45) is -0.862. The molecule has 1 saturated heterocycles. The average molecular weight is 161 g/mol. The van der Waals surface area contributed by atoms with E-state index in [2.05, 4.69) is 0 Å². The number of rotatable bonds is 1. The highest BCUT2D eigenvalue weighted by Crippen LogP contribution is 2.16. The molecule has 5 heteroatoms. The van der Waals surface area contributed by atoms with Gasteiger partial charge in [-0.2, -0.15) is 0 Å². The van der Waals surface area contributed by atoms with Gasteiger partial charge in [0.25, 0.3) is 6.04 Å². The van der Waals surface area contributed by atoms with Gasteiger partial charge in [-0.3, -0.25) is 10.1 Å². The van der Waals surface area contributed by atoms with Crippen LogP contribution in [0.15, 0.2) is 0 Å². The second-order valence-electron chi connectivity index (χ2n) is 2.86. The first-order chi connectivity index (χ1) is 5.13. The van der Waals surface area contributed by atoms with E-state index in [9.17, 15) is 15.2 Å². The van der Waals surface area contributed by atoms with Crippen molar-refractivity contribution in [2.24, 2.45) is 5.92 Å². The van der Waals surface area contributed by atoms with Gasteiger partial charge in [0.05, 0.1) is 6.61 Å². The molecule has 11 heavy (non-hydrogen) atoms. The van der Waals surface area contributed by atoms with Gasteiger partial charge in [-0.15, -0.1) is 0 Å². The maximum atomic E-state index is 10.3. The lowest BCUT2D eigenvalue weighted by atomic mass is 9.97. The van der Waals surface area contributed by atoms with E-state index < -0.39 is 17.1 Å². The molecule has 0 radical (unpaired) electrons. The molecule has 1 N–H and O–H groups in total. The molecule has 5 nitrogen and oxygen atoms in total. The molecule has 1 heterocycles. The van der Waals surface area contributed by atoms with Crippen LogP contribution in [0, 0.1) is 16.0 Å². The van der Waals surface area contributed by atoms with Crippen molar-refractivity contribution in [2.75, 3.05) is 13.2 Å². The Labute approximate surface area is 64.1 Å². The van der Waals surface area contributed by atoms with Crippen LogP contribution in [0.1, 0.15) is 6.92 Å². The normalized spacial score (nSPS) is 38.5. The Balaban J connectivity index is 2.58. The lowest BCUT2D eigenvalue weighted by molar-refractivity contribution is -0.545. The van der Waals surface area contributed by atoms with E-state index in [4.69, 9.17) is 4.74 Å². The van der Waals surface area contributed by atoms with Gasteiger partial charge in [-0.05, 0) is 0 Å². The Morgan fingerprint density at radius 2 is 2.27 bits per heavy atom. The van der Waals surface area contributed by atoms with Gasteiger partial charge in [-0.25, -0.2) is 0 Å². The molecule has 3 atom stereocenters. The molecule has 1 aliphatic rings. The Kier molecular flexibility index (Phi) is 2.41. The molecule has 0 aromatic rings. The van der Waals surface area contributed by atoms with Crippen molar-refractivity contribution in [2.45, 2.75) is 19.1 Å². The molecule has 64 valence electrons. The van der Waals surface area contributed by atoms with Crippen molar-refractivity contribution in [1.82, 2.24) is 0 Å². The molecule has 0 spiro atoms. The highest BCUT2D eigenvalue weighted by Gasteiger charge is 2.37. The second-order valence-corrected chi connectivity index (χ2v) is 2.86. The molecule has 0 aromatic carbocycles. The zero-order chi connectivity index (χ0) is 8.43. The number of hydrogen-bond acceptors (Lipinski definition) is 4. The van der Waals surface area contributed by atoms with Crippen molar-refractivity contribution >= 4 is 0 Å². The first-order valence-corrected chi connectivity index (χ1v) is 3.52. The zero-order valence-electron chi connectivity index (χ0n) is 6.27. The number of hydrogen-bond donors (Lipinski definition) is 1. The van der Waals surface area contributed by atoms with Crippen LogP contribution >= 0.6 is 0 Å². The fourth-order valence-electron chi connectivity index (χ4n) is 1.14. The van der Waals surface area contributed by atoms with E-state index in [0.29, 0.717) is 6.61 Å². The van der Waals surface area contributed by atoms with E-state index in [0.717, 1.165) is 0 Å². The van der Waals surface area contributed by atoms with Crippen LogP contribution in [0.4, 0.5) is 0 Å². The fraction of sp³-hybridized carbons (Fsp3) is 1.00. The van der Waals surface area contributed by atoms with Gasteiger partial charge in [-0.1, -0.05) is 6.92 Å². The Morgan fingerprint density at radius 3 is 2.73 bits per heavy atom. The molecule has 1 fully saturated rings. The van der Waals surface area contributed by atoms with Crippen LogP contribution in [0.3, 0.4) is 0 Å². The fourth-order valence-corrected chi connectivity index (χ4v) is 1.14. The van der Waals surface area contributed by atoms with Crippen LogP contribution in [-0.4, -0.2) is 35.4 Å². The van der Waals surface area contributed by atoms with Crippen molar-refractivity contribution in [3.05, 3.63) is 10.1 Å². The highest BCUT2D eigenvalue weighted by atomic mass is 16.6. The molecule has 0 bridgehead atoms. The summed E-state index contributed by atoms with van der Waals surface area (Å²) in [7, 11) is 0. The molecular weight excluding hydrogens is 150 g/mol. The van der Waals surface area contributed by atoms with Gasteiger partial charge in [0, 0.05) is 10.8 Å². The number of aliphatic hydroxyl groups is 1. The van der Waals surface area contributed by atoms with Gasteiger partial charge < -0.3 is 9.84 Å². The number of nitro groups is 1. The number of nitrogens with zero attached hydrogens (tertiary/aromatic N) is 1. The summed E-state index contributed by atoms with van der Waals surface area (Å²) in [5.41, 5.74) is 0. The van der Waals surface area contributed by atoms with Gasteiger partial charge >= 0.3 is 0 Å². The predicted octanol–water partition coefficient (Wildman–Crippen LogP) is -0.341. The third-order valence-corrected chi connectivity index (χ3v) is 1.92. The first-order valence-electron chi connectivity index (χ1n) is 3.52. The van der Waals surface area contributed by atoms with Gasteiger partial charge in [0.2, 0.25) is 0 Å². The summed E-state index contributed by atoms with van der Waals surface area (Å²) in [6, 6.07) is -0.946. The van der Waals surface area contributed by atoms with Crippen LogP contribution in [0.25, 0.3) is 0 Å². The van der Waals surface area contributed by atoms with Gasteiger partial charge in [0.1, 0.15) is 12.7 Å². The van der Waals surface area contributed by atoms with Crippen molar-refractivity contribution in [3.63, 3.8) is 0 Å². The van der Waals surface area contributed by atoms with E-state index in [1.54, 1.807) is 6.92 Å². The van der Waals surface area contributed by atoms with Crippen molar-refractivity contribution in [3.8, 4) is 0 Å². The molecule has 0 aliphatic carbocycles. The molecular formula is C6H11NO4. The third kappa shape index (κ3) is 1.66. The van der Waals surface area contributed by atoms with Crippen molar-refractivity contribution < 1.29 is 14.8 Å². The third-order valence-electron chi connectivity index (χ3n) is 1.92. The Morgan fingerprint density at radius 1 is 1.64 bits per heavy atom. The average Bonchev–Trinajstić information content (AvgIpc) is 1.94. The minimum Gasteiger partial charge on any atom is -0.385 e.